The van der Waals surface area contributed by atoms with Gasteiger partial charge in [0.2, 0.25) is 0 Å². The second kappa shape index (κ2) is 6.58. The third kappa shape index (κ3) is 4.65. The van der Waals surface area contributed by atoms with E-state index in [9.17, 15) is 14.7 Å². The number of ether oxygens (including phenoxy) is 2. The van der Waals surface area contributed by atoms with Crippen LogP contribution in [0.5, 0.6) is 5.75 Å². The van der Waals surface area contributed by atoms with Crippen molar-refractivity contribution in [3.63, 3.8) is 0 Å². The SMILES string of the molecule is CC(C)(C)OC(=O)N1Cc2cccc(C(=O)O)c2OC(C(C)(C)C)C1. The van der Waals surface area contributed by atoms with Gasteiger partial charge in [0.05, 0.1) is 13.1 Å². The topological polar surface area (TPSA) is 76.1 Å². The van der Waals surface area contributed by atoms with Gasteiger partial charge in [0, 0.05) is 11.0 Å². The summed E-state index contributed by atoms with van der Waals surface area (Å²) in [5.74, 6) is -0.712. The highest BCUT2D eigenvalue weighted by molar-refractivity contribution is 5.91. The van der Waals surface area contributed by atoms with Crippen molar-refractivity contribution in [3.8, 4) is 5.75 Å². The summed E-state index contributed by atoms with van der Waals surface area (Å²) in [7, 11) is 0. The molecule has 6 heteroatoms. The summed E-state index contributed by atoms with van der Waals surface area (Å²) in [6.45, 7) is 12.0. The van der Waals surface area contributed by atoms with Crippen molar-refractivity contribution in [1.29, 1.82) is 0 Å². The van der Waals surface area contributed by atoms with E-state index in [-0.39, 0.29) is 23.6 Å². The van der Waals surface area contributed by atoms with Crippen molar-refractivity contribution in [2.75, 3.05) is 6.54 Å². The number of carbonyl (C=O) groups is 2. The van der Waals surface area contributed by atoms with Gasteiger partial charge in [-0.3, -0.25) is 4.90 Å². The minimum absolute atomic E-state index is 0.109. The number of benzene rings is 1. The van der Waals surface area contributed by atoms with E-state index < -0.39 is 17.7 Å². The summed E-state index contributed by atoms with van der Waals surface area (Å²) in [6.07, 6.45) is -0.791. The van der Waals surface area contributed by atoms with Crippen LogP contribution in [0.2, 0.25) is 0 Å². The molecule has 1 heterocycles. The molecule has 0 saturated carbocycles. The number of hydrogen-bond acceptors (Lipinski definition) is 4. The first-order chi connectivity index (χ1) is 11.4. The Labute approximate surface area is 148 Å². The lowest BCUT2D eigenvalue weighted by atomic mass is 9.88. The number of hydrogen-bond donors (Lipinski definition) is 1. The number of aromatic carboxylic acids is 1. The second-order valence-electron chi connectivity index (χ2n) is 8.43. The third-order valence-electron chi connectivity index (χ3n) is 3.95. The predicted molar refractivity (Wildman–Crippen MR) is 93.9 cm³/mol. The van der Waals surface area contributed by atoms with Crippen LogP contribution in [-0.2, 0) is 11.3 Å². The molecule has 1 N–H and O–H groups in total. The molecule has 0 radical (unpaired) electrons. The minimum atomic E-state index is -1.05. The monoisotopic (exact) mass is 349 g/mol. The van der Waals surface area contributed by atoms with E-state index in [1.54, 1.807) is 17.0 Å². The Kier molecular flexibility index (Phi) is 5.02. The van der Waals surface area contributed by atoms with Crippen LogP contribution in [0, 0.1) is 5.41 Å². The van der Waals surface area contributed by atoms with Gasteiger partial charge in [0.1, 0.15) is 23.0 Å². The van der Waals surface area contributed by atoms with E-state index in [0.29, 0.717) is 17.9 Å². The molecule has 2 rings (SSSR count). The number of rotatable bonds is 1. The molecule has 1 unspecified atom stereocenters. The molecule has 1 aliphatic rings. The molecule has 6 nitrogen and oxygen atoms in total. The quantitative estimate of drug-likeness (QED) is 0.831. The molecule has 0 bridgehead atoms. The van der Waals surface area contributed by atoms with E-state index in [0.717, 1.165) is 0 Å². The lowest BCUT2D eigenvalue weighted by molar-refractivity contribution is 0.00675. The highest BCUT2D eigenvalue weighted by Gasteiger charge is 2.36. The van der Waals surface area contributed by atoms with Gasteiger partial charge in [-0.2, -0.15) is 0 Å². The minimum Gasteiger partial charge on any atom is -0.487 e. The van der Waals surface area contributed by atoms with Gasteiger partial charge in [-0.1, -0.05) is 32.9 Å². The maximum Gasteiger partial charge on any atom is 0.410 e. The fourth-order valence-electron chi connectivity index (χ4n) is 2.58. The number of carboxylic acids is 1. The Morgan fingerprint density at radius 1 is 1.20 bits per heavy atom. The van der Waals surface area contributed by atoms with Crippen LogP contribution in [-0.4, -0.2) is 40.3 Å². The normalized spacial score (nSPS) is 18.0. The Morgan fingerprint density at radius 3 is 2.36 bits per heavy atom. The average molecular weight is 349 g/mol. The van der Waals surface area contributed by atoms with Crippen LogP contribution in [0.1, 0.15) is 57.5 Å². The molecule has 1 aromatic carbocycles. The summed E-state index contributed by atoms with van der Waals surface area (Å²) in [5.41, 5.74) is -0.115. The Bertz CT molecular complexity index is 669. The Morgan fingerprint density at radius 2 is 1.84 bits per heavy atom. The molecule has 1 aliphatic heterocycles. The molecule has 0 fully saturated rings. The zero-order valence-corrected chi connectivity index (χ0v) is 15.8. The molecular weight excluding hydrogens is 322 g/mol. The van der Waals surface area contributed by atoms with Crippen LogP contribution < -0.4 is 4.74 Å². The third-order valence-corrected chi connectivity index (χ3v) is 3.95. The summed E-state index contributed by atoms with van der Waals surface area (Å²) >= 11 is 0. The van der Waals surface area contributed by atoms with Crippen LogP contribution in [0.15, 0.2) is 18.2 Å². The van der Waals surface area contributed by atoms with E-state index in [2.05, 4.69) is 0 Å². The Balaban J connectivity index is 2.45. The zero-order valence-electron chi connectivity index (χ0n) is 15.8. The molecule has 0 saturated heterocycles. The molecule has 0 aromatic heterocycles. The first kappa shape index (κ1) is 19.1. The van der Waals surface area contributed by atoms with Crippen molar-refractivity contribution >= 4 is 12.1 Å². The number of carbonyl (C=O) groups excluding carboxylic acids is 1. The number of fused-ring (bicyclic) bond motifs is 1. The number of para-hydroxylation sites is 1. The highest BCUT2D eigenvalue weighted by atomic mass is 16.6. The van der Waals surface area contributed by atoms with Gasteiger partial charge in [-0.25, -0.2) is 9.59 Å². The fraction of sp³-hybridized carbons (Fsp3) is 0.579. The summed E-state index contributed by atoms with van der Waals surface area (Å²) in [6, 6.07) is 4.96. The number of carboxylic acid groups (broad SMARTS) is 1. The first-order valence-electron chi connectivity index (χ1n) is 8.38. The molecule has 138 valence electrons. The average Bonchev–Trinajstić information content (AvgIpc) is 2.63. The summed E-state index contributed by atoms with van der Waals surface area (Å²) < 4.78 is 11.6. The van der Waals surface area contributed by atoms with Crippen molar-refractivity contribution < 1.29 is 24.2 Å². The second-order valence-corrected chi connectivity index (χ2v) is 8.43. The smallest absolute Gasteiger partial charge is 0.410 e. The molecule has 25 heavy (non-hydrogen) atoms. The number of amides is 1. The number of nitrogens with zero attached hydrogens (tertiary/aromatic N) is 1. The standard InChI is InChI=1S/C19H27NO5/c1-18(2,3)14-11-20(17(23)25-19(4,5)6)10-12-8-7-9-13(16(21)22)15(12)24-14/h7-9,14H,10-11H2,1-6H3,(H,21,22). The van der Waals surface area contributed by atoms with Gasteiger partial charge >= 0.3 is 12.1 Å². The van der Waals surface area contributed by atoms with Crippen molar-refractivity contribution in [1.82, 2.24) is 4.90 Å². The van der Waals surface area contributed by atoms with Crippen molar-refractivity contribution in [2.45, 2.75) is 59.8 Å². The van der Waals surface area contributed by atoms with Gasteiger partial charge in [-0.15, -0.1) is 0 Å². The van der Waals surface area contributed by atoms with E-state index >= 15 is 0 Å². The summed E-state index contributed by atoms with van der Waals surface area (Å²) in [5, 5.41) is 9.46. The fourth-order valence-corrected chi connectivity index (χ4v) is 2.58. The molecule has 0 spiro atoms. The maximum atomic E-state index is 12.6. The summed E-state index contributed by atoms with van der Waals surface area (Å²) in [4.78, 5) is 25.7. The Hall–Kier alpha value is -2.24. The van der Waals surface area contributed by atoms with Crippen LogP contribution in [0.3, 0.4) is 0 Å². The lowest BCUT2D eigenvalue weighted by Gasteiger charge is -2.33. The predicted octanol–water partition coefficient (Wildman–Crippen LogP) is 3.93. The molecule has 1 aromatic rings. The van der Waals surface area contributed by atoms with E-state index in [1.165, 1.54) is 6.07 Å². The molecular formula is C19H27NO5. The van der Waals surface area contributed by atoms with Crippen molar-refractivity contribution in [2.24, 2.45) is 5.41 Å². The van der Waals surface area contributed by atoms with E-state index in [1.807, 2.05) is 41.5 Å². The highest BCUT2D eigenvalue weighted by Crippen LogP contribution is 2.35. The van der Waals surface area contributed by atoms with E-state index in [4.69, 9.17) is 9.47 Å². The van der Waals surface area contributed by atoms with Crippen molar-refractivity contribution in [3.05, 3.63) is 29.3 Å². The lowest BCUT2D eigenvalue weighted by Crippen LogP contribution is -2.45. The first-order valence-corrected chi connectivity index (χ1v) is 8.38. The van der Waals surface area contributed by atoms with Crippen LogP contribution in [0.4, 0.5) is 4.79 Å². The molecule has 1 atom stereocenters. The molecule has 1 amide bonds. The van der Waals surface area contributed by atoms with Gasteiger partial charge in [0.15, 0.2) is 0 Å². The maximum absolute atomic E-state index is 12.6. The largest absolute Gasteiger partial charge is 0.487 e. The molecule has 0 aliphatic carbocycles. The van der Waals surface area contributed by atoms with Crippen LogP contribution in [0.25, 0.3) is 0 Å². The van der Waals surface area contributed by atoms with Gasteiger partial charge in [0.25, 0.3) is 0 Å². The van der Waals surface area contributed by atoms with Gasteiger partial charge in [-0.05, 0) is 26.8 Å². The zero-order chi connectivity index (χ0) is 19.0. The van der Waals surface area contributed by atoms with Crippen LogP contribution >= 0.6 is 0 Å². The van der Waals surface area contributed by atoms with Gasteiger partial charge < -0.3 is 14.6 Å².